The van der Waals surface area contributed by atoms with Gasteiger partial charge in [-0.15, -0.1) is 11.6 Å². The fourth-order valence-corrected chi connectivity index (χ4v) is 1.57. The number of Topliss-reactive ketones (excluding diaryl/α,β-unsaturated/α-hetero) is 1. The molecular weight excluding hydrogens is 238 g/mol. The Balaban J connectivity index is 2.51. The molecule has 1 aromatic carbocycles. The van der Waals surface area contributed by atoms with Crippen LogP contribution in [-0.2, 0) is 16.0 Å². The molecule has 4 heteroatoms. The summed E-state index contributed by atoms with van der Waals surface area (Å²) in [6.45, 7) is 2.12. The van der Waals surface area contributed by atoms with E-state index >= 15 is 0 Å². The van der Waals surface area contributed by atoms with Gasteiger partial charge in [0.15, 0.2) is 5.78 Å². The summed E-state index contributed by atoms with van der Waals surface area (Å²) < 4.78 is 0. The lowest BCUT2D eigenvalue weighted by Crippen LogP contribution is -2.17. The highest BCUT2D eigenvalue weighted by Gasteiger charge is 2.08. The molecule has 1 aromatic rings. The average Bonchev–Trinajstić information content (AvgIpc) is 2.31. The van der Waals surface area contributed by atoms with E-state index < -0.39 is 0 Å². The highest BCUT2D eigenvalue weighted by Crippen LogP contribution is 2.11. The molecule has 0 fully saturated rings. The highest BCUT2D eigenvalue weighted by atomic mass is 35.5. The topological polar surface area (TPSA) is 46.2 Å². The first kappa shape index (κ1) is 13.7. The van der Waals surface area contributed by atoms with Gasteiger partial charge in [0, 0.05) is 5.69 Å². The van der Waals surface area contributed by atoms with Crippen molar-refractivity contribution in [2.45, 2.75) is 26.2 Å². The largest absolute Gasteiger partial charge is 0.326 e. The lowest BCUT2D eigenvalue weighted by Gasteiger charge is -2.05. The van der Waals surface area contributed by atoms with Gasteiger partial charge < -0.3 is 5.32 Å². The number of ketones is 1. The van der Waals surface area contributed by atoms with E-state index in [0.717, 1.165) is 12.8 Å². The van der Waals surface area contributed by atoms with Crippen LogP contribution in [0.5, 0.6) is 0 Å². The van der Waals surface area contributed by atoms with Crippen LogP contribution < -0.4 is 5.32 Å². The first-order valence-electron chi connectivity index (χ1n) is 5.62. The Hall–Kier alpha value is -1.35. The molecule has 0 heterocycles. The second kappa shape index (κ2) is 7.07. The molecule has 0 atom stereocenters. The van der Waals surface area contributed by atoms with Gasteiger partial charge in [-0.05, 0) is 24.1 Å². The third kappa shape index (κ3) is 5.00. The number of halogens is 1. The predicted octanol–water partition coefficient (Wildman–Crippen LogP) is 2.78. The van der Waals surface area contributed by atoms with Crippen molar-refractivity contribution < 1.29 is 9.59 Å². The maximum Gasteiger partial charge on any atom is 0.231 e. The Kier molecular flexibility index (Phi) is 5.70. The van der Waals surface area contributed by atoms with E-state index in [-0.39, 0.29) is 24.0 Å². The van der Waals surface area contributed by atoms with Gasteiger partial charge in [-0.2, -0.15) is 0 Å². The molecular formula is C13H16ClNO2. The van der Waals surface area contributed by atoms with Crippen LogP contribution in [0.3, 0.4) is 0 Å². The summed E-state index contributed by atoms with van der Waals surface area (Å²) in [5, 5.41) is 2.66. The SMILES string of the molecule is CCCc1ccc(NC(=O)CC(=O)CCl)cc1. The van der Waals surface area contributed by atoms with Gasteiger partial charge in [0.25, 0.3) is 0 Å². The van der Waals surface area contributed by atoms with E-state index in [1.54, 1.807) is 0 Å². The van der Waals surface area contributed by atoms with Crippen molar-refractivity contribution in [2.24, 2.45) is 0 Å². The number of hydrogen-bond donors (Lipinski definition) is 1. The van der Waals surface area contributed by atoms with Gasteiger partial charge in [0.2, 0.25) is 5.91 Å². The number of anilines is 1. The fourth-order valence-electron chi connectivity index (χ4n) is 1.47. The molecule has 1 rings (SSSR count). The number of carbonyl (C=O) groups is 2. The monoisotopic (exact) mass is 253 g/mol. The van der Waals surface area contributed by atoms with E-state index in [4.69, 9.17) is 11.6 Å². The number of alkyl halides is 1. The Morgan fingerprint density at radius 1 is 1.24 bits per heavy atom. The standard InChI is InChI=1S/C13H16ClNO2/c1-2-3-10-4-6-11(7-5-10)15-13(17)8-12(16)9-14/h4-7H,2-3,8-9H2,1H3,(H,15,17). The fraction of sp³-hybridized carbons (Fsp3) is 0.385. The van der Waals surface area contributed by atoms with Crippen LogP contribution >= 0.6 is 11.6 Å². The highest BCUT2D eigenvalue weighted by molar-refractivity contribution is 6.29. The number of amides is 1. The minimum atomic E-state index is -0.320. The summed E-state index contributed by atoms with van der Waals surface area (Å²) in [7, 11) is 0. The zero-order valence-electron chi connectivity index (χ0n) is 9.83. The summed E-state index contributed by atoms with van der Waals surface area (Å²) >= 11 is 5.33. The third-order valence-electron chi connectivity index (χ3n) is 2.28. The van der Waals surface area contributed by atoms with Crippen molar-refractivity contribution in [3.05, 3.63) is 29.8 Å². The van der Waals surface area contributed by atoms with E-state index in [9.17, 15) is 9.59 Å². The van der Waals surface area contributed by atoms with Crippen molar-refractivity contribution in [2.75, 3.05) is 11.2 Å². The second-order valence-corrected chi connectivity index (χ2v) is 4.11. The number of carbonyl (C=O) groups excluding carboxylic acids is 2. The first-order valence-corrected chi connectivity index (χ1v) is 6.15. The Bertz CT molecular complexity index is 387. The smallest absolute Gasteiger partial charge is 0.231 e. The molecule has 0 saturated heterocycles. The molecule has 0 aliphatic carbocycles. The molecule has 0 aromatic heterocycles. The van der Waals surface area contributed by atoms with Crippen LogP contribution in [0.25, 0.3) is 0 Å². The minimum Gasteiger partial charge on any atom is -0.326 e. The summed E-state index contributed by atoms with van der Waals surface area (Å²) in [6.07, 6.45) is 1.95. The molecule has 0 bridgehead atoms. The molecule has 17 heavy (non-hydrogen) atoms. The van der Waals surface area contributed by atoms with Crippen LogP contribution in [-0.4, -0.2) is 17.6 Å². The molecule has 3 nitrogen and oxygen atoms in total. The molecule has 1 N–H and O–H groups in total. The molecule has 0 saturated carbocycles. The summed E-state index contributed by atoms with van der Waals surface area (Å²) in [5.74, 6) is -0.714. The van der Waals surface area contributed by atoms with Gasteiger partial charge in [-0.25, -0.2) is 0 Å². The number of nitrogens with one attached hydrogen (secondary N) is 1. The number of aryl methyl sites for hydroxylation is 1. The molecule has 0 aliphatic rings. The molecule has 0 aliphatic heterocycles. The van der Waals surface area contributed by atoms with E-state index in [0.29, 0.717) is 5.69 Å². The maximum atomic E-state index is 11.4. The normalized spacial score (nSPS) is 10.0. The molecule has 0 unspecified atom stereocenters. The lowest BCUT2D eigenvalue weighted by atomic mass is 10.1. The zero-order valence-corrected chi connectivity index (χ0v) is 10.6. The van der Waals surface area contributed by atoms with Crippen molar-refractivity contribution in [3.8, 4) is 0 Å². The Morgan fingerprint density at radius 3 is 2.41 bits per heavy atom. The third-order valence-corrected chi connectivity index (χ3v) is 2.58. The van der Waals surface area contributed by atoms with Gasteiger partial charge in [-0.1, -0.05) is 25.5 Å². The molecule has 1 amide bonds. The van der Waals surface area contributed by atoms with Gasteiger partial charge in [-0.3, -0.25) is 9.59 Å². The van der Waals surface area contributed by atoms with Crippen molar-refractivity contribution in [3.63, 3.8) is 0 Å². The summed E-state index contributed by atoms with van der Waals surface area (Å²) in [4.78, 5) is 22.4. The van der Waals surface area contributed by atoms with E-state index in [1.165, 1.54) is 5.56 Å². The maximum absolute atomic E-state index is 11.4. The van der Waals surface area contributed by atoms with Crippen LogP contribution in [0.15, 0.2) is 24.3 Å². The van der Waals surface area contributed by atoms with Crippen molar-refractivity contribution >= 4 is 29.0 Å². The Morgan fingerprint density at radius 2 is 1.88 bits per heavy atom. The summed E-state index contributed by atoms with van der Waals surface area (Å²) in [5.41, 5.74) is 1.94. The number of benzene rings is 1. The lowest BCUT2D eigenvalue weighted by molar-refractivity contribution is -0.124. The molecule has 0 spiro atoms. The average molecular weight is 254 g/mol. The van der Waals surface area contributed by atoms with Crippen LogP contribution in [0.1, 0.15) is 25.3 Å². The van der Waals surface area contributed by atoms with Gasteiger partial charge >= 0.3 is 0 Å². The first-order chi connectivity index (χ1) is 8.15. The van der Waals surface area contributed by atoms with Crippen LogP contribution in [0.4, 0.5) is 5.69 Å². The van der Waals surface area contributed by atoms with E-state index in [1.807, 2.05) is 24.3 Å². The number of hydrogen-bond acceptors (Lipinski definition) is 2. The van der Waals surface area contributed by atoms with Gasteiger partial charge in [0.1, 0.15) is 0 Å². The van der Waals surface area contributed by atoms with E-state index in [2.05, 4.69) is 12.2 Å². The molecule has 0 radical (unpaired) electrons. The zero-order chi connectivity index (χ0) is 12.7. The Labute approximate surface area is 106 Å². The van der Waals surface area contributed by atoms with Crippen LogP contribution in [0, 0.1) is 0 Å². The minimum absolute atomic E-state index is 0.122. The second-order valence-electron chi connectivity index (χ2n) is 3.84. The van der Waals surface area contributed by atoms with Crippen molar-refractivity contribution in [1.29, 1.82) is 0 Å². The quantitative estimate of drug-likeness (QED) is 0.626. The number of rotatable bonds is 6. The molecule has 92 valence electrons. The van der Waals surface area contributed by atoms with Gasteiger partial charge in [0.05, 0.1) is 12.3 Å². The van der Waals surface area contributed by atoms with Crippen molar-refractivity contribution in [1.82, 2.24) is 0 Å². The predicted molar refractivity (Wildman–Crippen MR) is 69.4 cm³/mol. The summed E-state index contributed by atoms with van der Waals surface area (Å²) in [6, 6.07) is 7.63. The van der Waals surface area contributed by atoms with Crippen LogP contribution in [0.2, 0.25) is 0 Å².